The highest BCUT2D eigenvalue weighted by Crippen LogP contribution is 2.21. The van der Waals surface area contributed by atoms with Crippen LogP contribution < -0.4 is 10.6 Å². The van der Waals surface area contributed by atoms with Gasteiger partial charge in [0.25, 0.3) is 0 Å². The number of halogens is 2. The molecule has 0 saturated carbocycles. The first-order chi connectivity index (χ1) is 8.54. The van der Waals surface area contributed by atoms with Crippen LogP contribution in [0, 0.1) is 5.82 Å². The van der Waals surface area contributed by atoms with Gasteiger partial charge in [-0.15, -0.1) is 0 Å². The van der Waals surface area contributed by atoms with Gasteiger partial charge in [-0.1, -0.05) is 17.7 Å². The highest BCUT2D eigenvalue weighted by atomic mass is 35.5. The van der Waals surface area contributed by atoms with Gasteiger partial charge in [-0.3, -0.25) is 4.79 Å². The lowest BCUT2D eigenvalue weighted by Gasteiger charge is -2.13. The van der Waals surface area contributed by atoms with E-state index in [0.717, 1.165) is 0 Å². The van der Waals surface area contributed by atoms with Gasteiger partial charge in [-0.2, -0.15) is 0 Å². The van der Waals surface area contributed by atoms with Crippen LogP contribution in [0.25, 0.3) is 0 Å². The summed E-state index contributed by atoms with van der Waals surface area (Å²) in [6, 6.07) is 4.49. The fourth-order valence-electron chi connectivity index (χ4n) is 1.43. The predicted octanol–water partition coefficient (Wildman–Crippen LogP) is 2.04. The van der Waals surface area contributed by atoms with Crippen LogP contribution in [0.3, 0.4) is 0 Å². The molecule has 1 unspecified atom stereocenters. The summed E-state index contributed by atoms with van der Waals surface area (Å²) in [6.07, 6.45) is 0. The van der Waals surface area contributed by atoms with E-state index >= 15 is 0 Å². The number of benzene rings is 1. The molecule has 4 nitrogen and oxygen atoms in total. The van der Waals surface area contributed by atoms with E-state index in [-0.39, 0.29) is 29.2 Å². The van der Waals surface area contributed by atoms with Gasteiger partial charge in [-0.05, 0) is 19.1 Å². The van der Waals surface area contributed by atoms with E-state index in [0.29, 0.717) is 6.61 Å². The van der Waals surface area contributed by atoms with Crippen molar-refractivity contribution in [3.63, 3.8) is 0 Å². The summed E-state index contributed by atoms with van der Waals surface area (Å²) in [5, 5.41) is 5.41. The van der Waals surface area contributed by atoms with E-state index in [1.165, 1.54) is 12.1 Å². The molecule has 1 aromatic carbocycles. The first kappa shape index (κ1) is 14.7. The van der Waals surface area contributed by atoms with E-state index in [2.05, 4.69) is 10.6 Å². The molecule has 0 saturated heterocycles. The maximum atomic E-state index is 13.5. The Kier molecular flexibility index (Phi) is 5.88. The van der Waals surface area contributed by atoms with Crippen molar-refractivity contribution < 1.29 is 13.9 Å². The third-order valence-corrected chi connectivity index (χ3v) is 2.51. The molecule has 1 atom stereocenters. The molecule has 0 aromatic heterocycles. The second-order valence-corrected chi connectivity index (χ2v) is 4.29. The summed E-state index contributed by atoms with van der Waals surface area (Å²) >= 11 is 5.62. The van der Waals surface area contributed by atoms with Gasteiger partial charge < -0.3 is 15.4 Å². The first-order valence-corrected chi connectivity index (χ1v) is 5.88. The zero-order chi connectivity index (χ0) is 13.5. The normalized spacial score (nSPS) is 12.0. The molecular formula is C12H16ClFN2O2. The molecule has 0 aliphatic carbocycles. The monoisotopic (exact) mass is 274 g/mol. The Balaban J connectivity index is 2.45. The number of amides is 1. The fourth-order valence-corrected chi connectivity index (χ4v) is 1.61. The summed E-state index contributed by atoms with van der Waals surface area (Å²) in [4.78, 5) is 11.5. The molecule has 100 valence electrons. The largest absolute Gasteiger partial charge is 0.383 e. The first-order valence-electron chi connectivity index (χ1n) is 5.50. The van der Waals surface area contributed by atoms with Crippen LogP contribution in [0.2, 0.25) is 5.02 Å². The van der Waals surface area contributed by atoms with Gasteiger partial charge in [0.1, 0.15) is 0 Å². The number of hydrogen-bond acceptors (Lipinski definition) is 3. The van der Waals surface area contributed by atoms with Gasteiger partial charge in [0.2, 0.25) is 5.91 Å². The van der Waals surface area contributed by atoms with E-state index in [1.807, 2.05) is 6.92 Å². The number of ether oxygens (including phenoxy) is 1. The van der Waals surface area contributed by atoms with Crippen molar-refractivity contribution in [3.8, 4) is 0 Å². The zero-order valence-corrected chi connectivity index (χ0v) is 11.1. The van der Waals surface area contributed by atoms with Crippen molar-refractivity contribution in [1.82, 2.24) is 5.32 Å². The minimum Gasteiger partial charge on any atom is -0.383 e. The Hall–Kier alpha value is -1.33. The fraction of sp³-hybridized carbons (Fsp3) is 0.417. The van der Waals surface area contributed by atoms with Crippen molar-refractivity contribution in [3.05, 3.63) is 29.0 Å². The molecule has 0 aliphatic heterocycles. The summed E-state index contributed by atoms with van der Waals surface area (Å²) in [7, 11) is 1.56. The van der Waals surface area contributed by atoms with E-state index in [9.17, 15) is 9.18 Å². The number of anilines is 1. The van der Waals surface area contributed by atoms with Crippen LogP contribution >= 0.6 is 11.6 Å². The van der Waals surface area contributed by atoms with Gasteiger partial charge in [0.15, 0.2) is 5.82 Å². The Morgan fingerprint density at radius 1 is 1.56 bits per heavy atom. The van der Waals surface area contributed by atoms with Crippen LogP contribution in [0.15, 0.2) is 18.2 Å². The van der Waals surface area contributed by atoms with Gasteiger partial charge in [-0.25, -0.2) is 4.39 Å². The molecule has 1 aromatic rings. The molecule has 0 heterocycles. The van der Waals surface area contributed by atoms with Crippen molar-refractivity contribution >= 4 is 23.2 Å². The van der Waals surface area contributed by atoms with Gasteiger partial charge in [0, 0.05) is 13.2 Å². The van der Waals surface area contributed by atoms with Crippen LogP contribution in [0.5, 0.6) is 0 Å². The summed E-state index contributed by atoms with van der Waals surface area (Å²) in [5.74, 6) is -0.796. The molecular weight excluding hydrogens is 259 g/mol. The van der Waals surface area contributed by atoms with Crippen LogP contribution in [-0.2, 0) is 9.53 Å². The molecule has 0 fully saturated rings. The van der Waals surface area contributed by atoms with E-state index in [4.69, 9.17) is 16.3 Å². The van der Waals surface area contributed by atoms with Crippen LogP contribution in [0.1, 0.15) is 6.92 Å². The molecule has 0 radical (unpaired) electrons. The van der Waals surface area contributed by atoms with Crippen LogP contribution in [-0.4, -0.2) is 32.2 Å². The molecule has 2 N–H and O–H groups in total. The maximum Gasteiger partial charge on any atom is 0.239 e. The molecule has 1 amide bonds. The second kappa shape index (κ2) is 7.18. The lowest BCUT2D eigenvalue weighted by atomic mass is 10.3. The van der Waals surface area contributed by atoms with E-state index < -0.39 is 5.82 Å². The minimum atomic E-state index is -0.558. The summed E-state index contributed by atoms with van der Waals surface area (Å²) in [6.45, 7) is 2.23. The Bertz CT molecular complexity index is 415. The average molecular weight is 275 g/mol. The lowest BCUT2D eigenvalue weighted by molar-refractivity contribution is -0.120. The Morgan fingerprint density at radius 2 is 2.28 bits per heavy atom. The molecule has 0 spiro atoms. The SMILES string of the molecule is COCC(C)NC(=O)CNc1cccc(Cl)c1F. The molecule has 18 heavy (non-hydrogen) atoms. The van der Waals surface area contributed by atoms with Gasteiger partial charge in [0.05, 0.1) is 23.9 Å². The number of carbonyl (C=O) groups excluding carboxylic acids is 1. The second-order valence-electron chi connectivity index (χ2n) is 3.88. The van der Waals surface area contributed by atoms with E-state index in [1.54, 1.807) is 13.2 Å². The molecule has 6 heteroatoms. The highest BCUT2D eigenvalue weighted by molar-refractivity contribution is 6.31. The predicted molar refractivity (Wildman–Crippen MR) is 69.4 cm³/mol. The average Bonchev–Trinajstić information content (AvgIpc) is 2.31. The molecule has 0 aliphatic rings. The quantitative estimate of drug-likeness (QED) is 0.835. The van der Waals surface area contributed by atoms with Crippen molar-refractivity contribution in [2.75, 3.05) is 25.6 Å². The lowest BCUT2D eigenvalue weighted by Crippen LogP contribution is -2.39. The Labute approximate surface area is 110 Å². The zero-order valence-electron chi connectivity index (χ0n) is 10.3. The highest BCUT2D eigenvalue weighted by Gasteiger charge is 2.09. The maximum absolute atomic E-state index is 13.5. The van der Waals surface area contributed by atoms with Crippen molar-refractivity contribution in [1.29, 1.82) is 0 Å². The van der Waals surface area contributed by atoms with Gasteiger partial charge >= 0.3 is 0 Å². The standard InChI is InChI=1S/C12H16ClFN2O2/c1-8(7-18-2)16-11(17)6-15-10-5-3-4-9(13)12(10)14/h3-5,8,15H,6-7H2,1-2H3,(H,16,17). The summed E-state index contributed by atoms with van der Waals surface area (Å²) < 4.78 is 18.4. The topological polar surface area (TPSA) is 50.4 Å². The third-order valence-electron chi connectivity index (χ3n) is 2.22. The Morgan fingerprint density at radius 3 is 2.94 bits per heavy atom. The van der Waals surface area contributed by atoms with Crippen LogP contribution in [0.4, 0.5) is 10.1 Å². The summed E-state index contributed by atoms with van der Waals surface area (Å²) in [5.41, 5.74) is 0.206. The molecule has 0 bridgehead atoms. The number of nitrogens with one attached hydrogen (secondary N) is 2. The van der Waals surface area contributed by atoms with Crippen molar-refractivity contribution in [2.45, 2.75) is 13.0 Å². The number of hydrogen-bond donors (Lipinski definition) is 2. The number of methoxy groups -OCH3 is 1. The minimum absolute atomic E-state index is 0.0214. The molecule has 1 rings (SSSR count). The number of carbonyl (C=O) groups is 1. The number of rotatable bonds is 6. The third kappa shape index (κ3) is 4.50. The smallest absolute Gasteiger partial charge is 0.239 e. The van der Waals surface area contributed by atoms with Crippen molar-refractivity contribution in [2.24, 2.45) is 0 Å².